The molecule has 0 saturated carbocycles. The van der Waals surface area contributed by atoms with E-state index in [9.17, 15) is 25.4 Å². The van der Waals surface area contributed by atoms with Crippen molar-refractivity contribution in [3.63, 3.8) is 0 Å². The van der Waals surface area contributed by atoms with E-state index in [0.717, 1.165) is 0 Å². The van der Waals surface area contributed by atoms with Crippen LogP contribution in [0.3, 0.4) is 0 Å². The normalized spacial score (nSPS) is 41.5. The molecule has 1 unspecified atom stereocenters. The van der Waals surface area contributed by atoms with Gasteiger partial charge in [0.2, 0.25) is 6.54 Å². The molecule has 0 bridgehead atoms. The van der Waals surface area contributed by atoms with Gasteiger partial charge in [-0.2, -0.15) is 0 Å². The predicted octanol–water partition coefficient (Wildman–Crippen LogP) is -2.89. The summed E-state index contributed by atoms with van der Waals surface area (Å²) in [6.45, 7) is -1.28. The SMILES string of the molecule is O=[N+]([O-])CC1O[C@H](CO)[C@@H](O)[C@H](O)[C@H]1O. The second kappa shape index (κ2) is 4.81. The van der Waals surface area contributed by atoms with Crippen molar-refractivity contribution in [1.82, 2.24) is 0 Å². The first-order valence-corrected chi connectivity index (χ1v) is 4.39. The summed E-state index contributed by atoms with van der Waals surface area (Å²) in [5, 5.41) is 46.9. The molecule has 88 valence electrons. The Morgan fingerprint density at radius 1 is 1.13 bits per heavy atom. The molecule has 8 heteroatoms. The highest BCUT2D eigenvalue weighted by Gasteiger charge is 2.45. The van der Waals surface area contributed by atoms with Crippen molar-refractivity contribution in [3.8, 4) is 0 Å². The molecule has 1 heterocycles. The molecule has 1 fully saturated rings. The lowest BCUT2D eigenvalue weighted by Crippen LogP contribution is -2.60. The van der Waals surface area contributed by atoms with E-state index in [1.54, 1.807) is 0 Å². The third-order valence-corrected chi connectivity index (χ3v) is 2.32. The van der Waals surface area contributed by atoms with Crippen LogP contribution in [0.1, 0.15) is 0 Å². The summed E-state index contributed by atoms with van der Waals surface area (Å²) in [6, 6.07) is 0. The number of aliphatic hydroxyl groups excluding tert-OH is 4. The largest absolute Gasteiger partial charge is 0.394 e. The number of aliphatic hydroxyl groups is 4. The Bertz CT molecular complexity index is 233. The van der Waals surface area contributed by atoms with E-state index in [1.807, 2.05) is 0 Å². The van der Waals surface area contributed by atoms with Crippen molar-refractivity contribution in [2.45, 2.75) is 30.5 Å². The molecule has 4 N–H and O–H groups in total. The number of hydrogen-bond acceptors (Lipinski definition) is 7. The Balaban J connectivity index is 2.69. The molecule has 8 nitrogen and oxygen atoms in total. The first-order chi connectivity index (χ1) is 6.97. The van der Waals surface area contributed by atoms with Crippen LogP contribution >= 0.6 is 0 Å². The molecule has 0 aliphatic carbocycles. The second-order valence-electron chi connectivity index (χ2n) is 3.38. The van der Waals surface area contributed by atoms with E-state index in [4.69, 9.17) is 9.84 Å². The summed E-state index contributed by atoms with van der Waals surface area (Å²) in [5.41, 5.74) is 0. The van der Waals surface area contributed by atoms with Gasteiger partial charge in [0.05, 0.1) is 6.61 Å². The molecule has 1 aliphatic heterocycles. The molecule has 1 rings (SSSR count). The number of rotatable bonds is 3. The smallest absolute Gasteiger partial charge is 0.232 e. The standard InChI is InChI=1S/C7H13NO7/c9-2-4-6(11)7(12)5(10)3(15-4)1-8(13)14/h3-7,9-12H,1-2H2/t3?,4-,5+,6-,7-/m1/s1. The van der Waals surface area contributed by atoms with Gasteiger partial charge < -0.3 is 25.2 Å². The maximum absolute atomic E-state index is 10.2. The second-order valence-corrected chi connectivity index (χ2v) is 3.38. The number of ether oxygens (including phenoxy) is 1. The highest BCUT2D eigenvalue weighted by molar-refractivity contribution is 4.91. The molecule has 15 heavy (non-hydrogen) atoms. The molecule has 0 aromatic carbocycles. The van der Waals surface area contributed by atoms with E-state index in [2.05, 4.69) is 0 Å². The molecule has 0 aromatic heterocycles. The van der Waals surface area contributed by atoms with Gasteiger partial charge in [0.25, 0.3) is 0 Å². The van der Waals surface area contributed by atoms with Gasteiger partial charge in [0.15, 0.2) is 6.10 Å². The molecular weight excluding hydrogens is 210 g/mol. The van der Waals surface area contributed by atoms with Gasteiger partial charge in [-0.25, -0.2) is 0 Å². The van der Waals surface area contributed by atoms with E-state index >= 15 is 0 Å². The first kappa shape index (κ1) is 12.3. The zero-order valence-corrected chi connectivity index (χ0v) is 7.76. The summed E-state index contributed by atoms with van der Waals surface area (Å²) in [6.07, 6.45) is -6.88. The monoisotopic (exact) mass is 223 g/mol. The van der Waals surface area contributed by atoms with Crippen LogP contribution in [0, 0.1) is 10.1 Å². The van der Waals surface area contributed by atoms with Crippen molar-refractivity contribution < 1.29 is 30.1 Å². The minimum atomic E-state index is -1.55. The van der Waals surface area contributed by atoms with Crippen molar-refractivity contribution in [2.75, 3.05) is 13.2 Å². The summed E-state index contributed by atoms with van der Waals surface area (Å²) < 4.78 is 4.89. The summed E-state index contributed by atoms with van der Waals surface area (Å²) in [5.74, 6) is 0. The van der Waals surface area contributed by atoms with Crippen molar-refractivity contribution in [3.05, 3.63) is 10.1 Å². The van der Waals surface area contributed by atoms with Crippen LogP contribution in [0.2, 0.25) is 0 Å². The van der Waals surface area contributed by atoms with Crippen molar-refractivity contribution in [2.24, 2.45) is 0 Å². The van der Waals surface area contributed by atoms with Crippen molar-refractivity contribution >= 4 is 0 Å². The third-order valence-electron chi connectivity index (χ3n) is 2.32. The maximum atomic E-state index is 10.2. The summed E-state index contributed by atoms with van der Waals surface area (Å²) >= 11 is 0. The number of nitro groups is 1. The van der Waals surface area contributed by atoms with E-state index in [0.29, 0.717) is 0 Å². The molecule has 0 aromatic rings. The van der Waals surface area contributed by atoms with Crippen LogP contribution in [0.5, 0.6) is 0 Å². The minimum Gasteiger partial charge on any atom is -0.394 e. The van der Waals surface area contributed by atoms with Crippen LogP contribution in [0.15, 0.2) is 0 Å². The van der Waals surface area contributed by atoms with Crippen LogP contribution in [0.25, 0.3) is 0 Å². The quantitative estimate of drug-likeness (QED) is 0.298. The van der Waals surface area contributed by atoms with Crippen molar-refractivity contribution in [1.29, 1.82) is 0 Å². The Labute approximate surface area is 84.9 Å². The third kappa shape index (κ3) is 2.61. The zero-order chi connectivity index (χ0) is 11.6. The van der Waals surface area contributed by atoms with E-state index in [1.165, 1.54) is 0 Å². The summed E-state index contributed by atoms with van der Waals surface area (Å²) in [4.78, 5) is 9.50. The summed E-state index contributed by atoms with van der Waals surface area (Å²) in [7, 11) is 0. The number of hydrogen-bond donors (Lipinski definition) is 4. The lowest BCUT2D eigenvalue weighted by atomic mass is 9.95. The van der Waals surface area contributed by atoms with Crippen LogP contribution < -0.4 is 0 Å². The van der Waals surface area contributed by atoms with Gasteiger partial charge in [-0.1, -0.05) is 0 Å². The molecular formula is C7H13NO7. The highest BCUT2D eigenvalue weighted by atomic mass is 16.6. The Morgan fingerprint density at radius 3 is 2.13 bits per heavy atom. The predicted molar refractivity (Wildman–Crippen MR) is 45.6 cm³/mol. The van der Waals surface area contributed by atoms with Crippen LogP contribution in [-0.4, -0.2) is 69.0 Å². The average Bonchev–Trinajstić information content (AvgIpc) is 2.18. The molecule has 0 amide bonds. The Kier molecular flexibility index (Phi) is 3.94. The zero-order valence-electron chi connectivity index (χ0n) is 7.76. The minimum absolute atomic E-state index is 0.584. The van der Waals surface area contributed by atoms with Gasteiger partial charge in [0.1, 0.15) is 24.4 Å². The van der Waals surface area contributed by atoms with Gasteiger partial charge in [-0.05, 0) is 0 Å². The highest BCUT2D eigenvalue weighted by Crippen LogP contribution is 2.21. The molecule has 1 saturated heterocycles. The van der Waals surface area contributed by atoms with Crippen LogP contribution in [0.4, 0.5) is 0 Å². The lowest BCUT2D eigenvalue weighted by molar-refractivity contribution is -0.499. The average molecular weight is 223 g/mol. The Morgan fingerprint density at radius 2 is 1.67 bits per heavy atom. The lowest BCUT2D eigenvalue weighted by Gasteiger charge is -2.38. The fourth-order valence-corrected chi connectivity index (χ4v) is 1.48. The number of nitrogens with zero attached hydrogens (tertiary/aromatic N) is 1. The van der Waals surface area contributed by atoms with Gasteiger partial charge in [-0.3, -0.25) is 10.1 Å². The van der Waals surface area contributed by atoms with Gasteiger partial charge >= 0.3 is 0 Å². The van der Waals surface area contributed by atoms with Crippen LogP contribution in [-0.2, 0) is 4.74 Å². The Hall–Kier alpha value is -0.800. The fraction of sp³-hybridized carbons (Fsp3) is 1.00. The molecule has 1 aliphatic rings. The first-order valence-electron chi connectivity index (χ1n) is 4.39. The van der Waals surface area contributed by atoms with E-state index < -0.39 is 48.6 Å². The van der Waals surface area contributed by atoms with Gasteiger partial charge in [-0.15, -0.1) is 0 Å². The topological polar surface area (TPSA) is 133 Å². The molecule has 5 atom stereocenters. The maximum Gasteiger partial charge on any atom is 0.232 e. The molecule has 0 spiro atoms. The van der Waals surface area contributed by atoms with E-state index in [-0.39, 0.29) is 0 Å². The molecule has 0 radical (unpaired) electrons. The van der Waals surface area contributed by atoms with Gasteiger partial charge in [0, 0.05) is 4.92 Å². The fourth-order valence-electron chi connectivity index (χ4n) is 1.48.